The van der Waals surface area contributed by atoms with Gasteiger partial charge in [-0.3, -0.25) is 24.0 Å². The number of nitrogens with one attached hydrogen (secondary N) is 4. The van der Waals surface area contributed by atoms with E-state index in [1.807, 2.05) is 17.0 Å². The summed E-state index contributed by atoms with van der Waals surface area (Å²) in [6.45, 7) is 9.59. The molecule has 3 unspecified atom stereocenters. The summed E-state index contributed by atoms with van der Waals surface area (Å²) in [7, 11) is 0. The van der Waals surface area contributed by atoms with Crippen LogP contribution >= 0.6 is 0 Å². The molecule has 294 valence electrons. The number of nitrogens with zero attached hydrogens (tertiary/aromatic N) is 2. The summed E-state index contributed by atoms with van der Waals surface area (Å²) in [6.07, 6.45) is 13.3. The molecule has 2 heterocycles. The highest BCUT2D eigenvalue weighted by Crippen LogP contribution is 2.85. The van der Waals surface area contributed by atoms with Crippen LogP contribution in [0, 0.1) is 53.3 Å². The zero-order chi connectivity index (χ0) is 39.0. The average Bonchev–Trinajstić information content (AvgIpc) is 3.63. The van der Waals surface area contributed by atoms with Crippen molar-refractivity contribution in [3.8, 4) is 12.3 Å². The number of likely N-dealkylation sites (tertiary alicyclic amines) is 2. The SMILES string of the molecule is C#CCCC(NC(=O)[C@@H]1[C@H]2CCC[C@H]2CN1C(=O)[C@@H](NC(=O)N[C@H](CN1CCCCC1=O)C12C(C)C1C2C)C1Cc2ccccc2C1)C(=O)C(=O)NCC=C. The van der Waals surface area contributed by atoms with Gasteiger partial charge in [0.15, 0.2) is 0 Å². The summed E-state index contributed by atoms with van der Waals surface area (Å²) in [5, 5.41) is 11.7. The van der Waals surface area contributed by atoms with E-state index in [-0.39, 0.29) is 60.4 Å². The fraction of sp³-hybridized carbons (Fsp3) is 0.628. The third-order valence-electron chi connectivity index (χ3n) is 14.1. The summed E-state index contributed by atoms with van der Waals surface area (Å²) in [4.78, 5) is 85.9. The standard InChI is InChI=1S/C43H56N6O6/c1-5-7-17-32(38(51)40(53)44-19-6-2)45-39(52)37-31-16-12-15-29(31)23-49(37)41(54)36(30-21-27-13-8-9-14-28(27)22-30)47-42(55)46-33(43-25(3)35(43)26(43)4)24-48-20-11-10-18-34(48)50/h1,6,8-9,13-14,25-26,29-33,35-37H,2,7,10-12,15-24H2,3-4H3,(H,44,53)(H,45,52)(H2,46,47,55)/t25?,26?,29-,31-,32?,33+,35?,36-,37-,43?/m0/s1. The van der Waals surface area contributed by atoms with Gasteiger partial charge in [0.05, 0.1) is 12.1 Å². The molecule has 1 aromatic carbocycles. The van der Waals surface area contributed by atoms with Crippen LogP contribution in [-0.2, 0) is 36.8 Å². The van der Waals surface area contributed by atoms with Crippen LogP contribution in [0.2, 0.25) is 0 Å². The predicted molar refractivity (Wildman–Crippen MR) is 206 cm³/mol. The zero-order valence-corrected chi connectivity index (χ0v) is 32.2. The monoisotopic (exact) mass is 752 g/mol. The maximum Gasteiger partial charge on any atom is 0.315 e. The van der Waals surface area contributed by atoms with Gasteiger partial charge in [-0.05, 0) is 91.6 Å². The quantitative estimate of drug-likeness (QED) is 0.123. The van der Waals surface area contributed by atoms with Crippen LogP contribution in [0.25, 0.3) is 0 Å². The van der Waals surface area contributed by atoms with E-state index < -0.39 is 41.8 Å². The first kappa shape index (κ1) is 38.6. The lowest BCUT2D eigenvalue weighted by atomic mass is 9.91. The van der Waals surface area contributed by atoms with E-state index in [1.54, 1.807) is 4.90 Å². The summed E-state index contributed by atoms with van der Waals surface area (Å²) < 4.78 is 0. The fourth-order valence-electron chi connectivity index (χ4n) is 11.3. The smallest absolute Gasteiger partial charge is 0.315 e. The van der Waals surface area contributed by atoms with E-state index in [0.717, 1.165) is 43.2 Å². The summed E-state index contributed by atoms with van der Waals surface area (Å²) in [5.74, 6) is 1.29. The molecular formula is C43H56N6O6. The minimum Gasteiger partial charge on any atom is -0.346 e. The van der Waals surface area contributed by atoms with Gasteiger partial charge in [0.1, 0.15) is 12.1 Å². The second-order valence-corrected chi connectivity index (χ2v) is 16.9. The first-order valence-electron chi connectivity index (χ1n) is 20.4. The lowest BCUT2D eigenvalue weighted by molar-refractivity contribution is -0.144. The Labute approximate surface area is 324 Å². The zero-order valence-electron chi connectivity index (χ0n) is 32.2. The number of piperidine rings is 1. The first-order chi connectivity index (χ1) is 26.5. The van der Waals surface area contributed by atoms with Gasteiger partial charge < -0.3 is 31.1 Å². The number of amides is 6. The lowest BCUT2D eigenvalue weighted by Crippen LogP contribution is -2.61. The number of ketones is 1. The van der Waals surface area contributed by atoms with Gasteiger partial charge in [0, 0.05) is 44.4 Å². The molecule has 12 heteroatoms. The number of benzene rings is 1. The molecule has 0 bridgehead atoms. The Bertz CT molecular complexity index is 1740. The van der Waals surface area contributed by atoms with Crippen LogP contribution in [0.3, 0.4) is 0 Å². The molecule has 55 heavy (non-hydrogen) atoms. The number of hydrogen-bond acceptors (Lipinski definition) is 6. The molecule has 8 atom stereocenters. The molecule has 4 N–H and O–H groups in total. The van der Waals surface area contributed by atoms with E-state index >= 15 is 4.79 Å². The van der Waals surface area contributed by atoms with Crippen LogP contribution < -0.4 is 21.3 Å². The number of hydrogen-bond donors (Lipinski definition) is 4. The van der Waals surface area contributed by atoms with Crippen LogP contribution in [0.4, 0.5) is 4.79 Å². The van der Waals surface area contributed by atoms with Crippen molar-refractivity contribution in [2.45, 2.75) is 102 Å². The minimum absolute atomic E-state index is 0.0519. The lowest BCUT2D eigenvalue weighted by Gasteiger charge is -2.36. The largest absolute Gasteiger partial charge is 0.346 e. The molecule has 0 spiro atoms. The Hall–Kier alpha value is -4.66. The molecule has 0 radical (unpaired) electrons. The molecular weight excluding hydrogens is 697 g/mol. The second kappa shape index (κ2) is 15.8. The Morgan fingerprint density at radius 2 is 1.75 bits per heavy atom. The second-order valence-electron chi connectivity index (χ2n) is 16.9. The molecule has 7 rings (SSSR count). The van der Waals surface area contributed by atoms with Gasteiger partial charge in [0.2, 0.25) is 23.5 Å². The molecule has 0 aromatic heterocycles. The Balaban J connectivity index is 1.13. The normalized spacial score (nSPS) is 30.5. The van der Waals surface area contributed by atoms with Gasteiger partial charge in [-0.2, -0.15) is 0 Å². The van der Waals surface area contributed by atoms with E-state index in [0.29, 0.717) is 56.7 Å². The highest BCUT2D eigenvalue weighted by atomic mass is 16.2. The van der Waals surface area contributed by atoms with Gasteiger partial charge in [-0.15, -0.1) is 18.9 Å². The third kappa shape index (κ3) is 7.27. The minimum atomic E-state index is -1.16. The summed E-state index contributed by atoms with van der Waals surface area (Å²) in [6, 6.07) is 4.43. The van der Waals surface area contributed by atoms with Crippen molar-refractivity contribution in [1.29, 1.82) is 0 Å². The molecule has 6 aliphatic rings. The maximum absolute atomic E-state index is 15.0. The molecule has 2 saturated heterocycles. The topological polar surface area (TPSA) is 157 Å². The van der Waals surface area contributed by atoms with E-state index in [4.69, 9.17) is 6.42 Å². The van der Waals surface area contributed by atoms with Crippen molar-refractivity contribution in [3.05, 3.63) is 48.0 Å². The maximum atomic E-state index is 15.0. The molecule has 2 aliphatic heterocycles. The van der Waals surface area contributed by atoms with E-state index in [9.17, 15) is 24.0 Å². The number of carbonyl (C=O) groups is 6. The van der Waals surface area contributed by atoms with Crippen LogP contribution in [0.5, 0.6) is 0 Å². The highest BCUT2D eigenvalue weighted by molar-refractivity contribution is 6.38. The first-order valence-corrected chi connectivity index (χ1v) is 20.4. The van der Waals surface area contributed by atoms with E-state index in [1.165, 1.54) is 6.08 Å². The van der Waals surface area contributed by atoms with Gasteiger partial charge in [0.25, 0.3) is 5.91 Å². The van der Waals surface area contributed by atoms with Crippen LogP contribution in [0.1, 0.15) is 76.3 Å². The van der Waals surface area contributed by atoms with Gasteiger partial charge in [-0.25, -0.2) is 4.79 Å². The number of Topliss-reactive ketones (excluding diaryl/α,β-unsaturated/α-hetero) is 1. The fourth-order valence-corrected chi connectivity index (χ4v) is 11.3. The molecule has 3 saturated carbocycles. The van der Waals surface area contributed by atoms with Crippen molar-refractivity contribution in [3.63, 3.8) is 0 Å². The van der Waals surface area contributed by atoms with Gasteiger partial charge in [-0.1, -0.05) is 50.6 Å². The van der Waals surface area contributed by atoms with Crippen molar-refractivity contribution in [2.75, 3.05) is 26.2 Å². The van der Waals surface area contributed by atoms with Crippen molar-refractivity contribution in [1.82, 2.24) is 31.1 Å². The number of rotatable bonds is 15. The van der Waals surface area contributed by atoms with E-state index in [2.05, 4.69) is 59.7 Å². The summed E-state index contributed by atoms with van der Waals surface area (Å²) in [5.41, 5.74) is 2.21. The number of terminal acetylenes is 1. The highest BCUT2D eigenvalue weighted by Gasteiger charge is 2.85. The summed E-state index contributed by atoms with van der Waals surface area (Å²) >= 11 is 0. The number of urea groups is 1. The molecule has 6 amide bonds. The number of carbonyl (C=O) groups excluding carboxylic acids is 6. The molecule has 1 aromatic rings. The van der Waals surface area contributed by atoms with Crippen LogP contribution in [0.15, 0.2) is 36.9 Å². The Kier molecular flexibility index (Phi) is 11.1. The predicted octanol–water partition coefficient (Wildman–Crippen LogP) is 2.75. The van der Waals surface area contributed by atoms with Crippen molar-refractivity contribution < 1.29 is 28.8 Å². The number of fused-ring (bicyclic) bond motifs is 3. The molecule has 5 fully saturated rings. The third-order valence-corrected chi connectivity index (χ3v) is 14.1. The van der Waals surface area contributed by atoms with Crippen molar-refractivity contribution in [2.24, 2.45) is 40.9 Å². The molecule has 12 nitrogen and oxygen atoms in total. The van der Waals surface area contributed by atoms with Crippen LogP contribution in [-0.4, -0.2) is 95.6 Å². The molecule has 4 aliphatic carbocycles. The average molecular weight is 753 g/mol. The Morgan fingerprint density at radius 3 is 2.38 bits per heavy atom. The Morgan fingerprint density at radius 1 is 1.02 bits per heavy atom. The van der Waals surface area contributed by atoms with Gasteiger partial charge >= 0.3 is 6.03 Å². The van der Waals surface area contributed by atoms with Crippen molar-refractivity contribution >= 4 is 35.4 Å².